The minimum atomic E-state index is -0.330. The highest BCUT2D eigenvalue weighted by atomic mass is 16.5. The van der Waals surface area contributed by atoms with Gasteiger partial charge in [-0.1, -0.05) is 0 Å². The number of hydrogen-bond donors (Lipinski definition) is 2. The van der Waals surface area contributed by atoms with Crippen molar-refractivity contribution in [3.63, 3.8) is 0 Å². The second-order valence-corrected chi connectivity index (χ2v) is 5.61. The molecule has 3 amide bonds. The lowest BCUT2D eigenvalue weighted by atomic mass is 10.2. The van der Waals surface area contributed by atoms with Crippen molar-refractivity contribution in [2.75, 3.05) is 29.2 Å². The lowest BCUT2D eigenvalue weighted by Gasteiger charge is -2.21. The Morgan fingerprint density at radius 1 is 0.885 bits per heavy atom. The standard InChI is InChI=1S/C19H21N3O4/c1-13(23)20-15-4-6-16(7-5-15)21-19(25)12-22(14(2)24)17-8-10-18(26-3)11-9-17/h4-11H,12H2,1-3H3,(H,20,23)(H,21,25). The van der Waals surface area contributed by atoms with Crippen molar-refractivity contribution in [1.29, 1.82) is 0 Å². The van der Waals surface area contributed by atoms with Crippen molar-refractivity contribution in [1.82, 2.24) is 0 Å². The minimum Gasteiger partial charge on any atom is -0.497 e. The maximum Gasteiger partial charge on any atom is 0.244 e. The van der Waals surface area contributed by atoms with Crippen molar-refractivity contribution in [3.8, 4) is 5.75 Å². The Morgan fingerprint density at radius 3 is 1.88 bits per heavy atom. The van der Waals surface area contributed by atoms with Crippen LogP contribution in [0.1, 0.15) is 13.8 Å². The van der Waals surface area contributed by atoms with E-state index in [9.17, 15) is 14.4 Å². The van der Waals surface area contributed by atoms with Crippen LogP contribution in [0.25, 0.3) is 0 Å². The van der Waals surface area contributed by atoms with Gasteiger partial charge < -0.3 is 20.3 Å². The topological polar surface area (TPSA) is 87.7 Å². The fourth-order valence-electron chi connectivity index (χ4n) is 2.33. The normalized spacial score (nSPS) is 9.96. The van der Waals surface area contributed by atoms with E-state index >= 15 is 0 Å². The fourth-order valence-corrected chi connectivity index (χ4v) is 2.33. The van der Waals surface area contributed by atoms with E-state index in [0.29, 0.717) is 22.8 Å². The first kappa shape index (κ1) is 19.0. The van der Waals surface area contributed by atoms with Crippen molar-refractivity contribution in [2.24, 2.45) is 0 Å². The highest BCUT2D eigenvalue weighted by Gasteiger charge is 2.16. The van der Waals surface area contributed by atoms with Gasteiger partial charge in [-0.05, 0) is 48.5 Å². The Hall–Kier alpha value is -3.35. The Labute approximate surface area is 152 Å². The van der Waals surface area contributed by atoms with Crippen LogP contribution in [0, 0.1) is 0 Å². The van der Waals surface area contributed by atoms with E-state index in [1.165, 1.54) is 18.7 Å². The number of anilines is 3. The molecule has 0 saturated carbocycles. The SMILES string of the molecule is COc1ccc(N(CC(=O)Nc2ccc(NC(C)=O)cc2)C(C)=O)cc1. The van der Waals surface area contributed by atoms with E-state index in [2.05, 4.69) is 10.6 Å². The third-order valence-corrected chi connectivity index (χ3v) is 3.55. The molecule has 0 aliphatic heterocycles. The van der Waals surface area contributed by atoms with Gasteiger partial charge in [-0.15, -0.1) is 0 Å². The van der Waals surface area contributed by atoms with Gasteiger partial charge in [-0.2, -0.15) is 0 Å². The van der Waals surface area contributed by atoms with Crippen LogP contribution in [0.3, 0.4) is 0 Å². The molecule has 0 heterocycles. The first-order chi connectivity index (χ1) is 12.4. The molecule has 0 saturated heterocycles. The highest BCUT2D eigenvalue weighted by molar-refractivity contribution is 6.02. The van der Waals surface area contributed by atoms with Gasteiger partial charge in [0.1, 0.15) is 12.3 Å². The summed E-state index contributed by atoms with van der Waals surface area (Å²) in [5.41, 5.74) is 1.82. The van der Waals surface area contributed by atoms with Crippen molar-refractivity contribution < 1.29 is 19.1 Å². The third-order valence-electron chi connectivity index (χ3n) is 3.55. The summed E-state index contributed by atoms with van der Waals surface area (Å²) in [7, 11) is 1.56. The summed E-state index contributed by atoms with van der Waals surface area (Å²) >= 11 is 0. The van der Waals surface area contributed by atoms with Gasteiger partial charge in [0.15, 0.2) is 0 Å². The molecule has 2 aromatic carbocycles. The lowest BCUT2D eigenvalue weighted by molar-refractivity contribution is -0.120. The maximum absolute atomic E-state index is 12.3. The van der Waals surface area contributed by atoms with E-state index < -0.39 is 0 Å². The largest absolute Gasteiger partial charge is 0.497 e. The number of carbonyl (C=O) groups is 3. The van der Waals surface area contributed by atoms with Gasteiger partial charge in [0.2, 0.25) is 17.7 Å². The van der Waals surface area contributed by atoms with Gasteiger partial charge in [0.05, 0.1) is 7.11 Å². The van der Waals surface area contributed by atoms with Crippen LogP contribution in [0.5, 0.6) is 5.75 Å². The van der Waals surface area contributed by atoms with E-state index in [0.717, 1.165) is 0 Å². The van der Waals surface area contributed by atoms with Gasteiger partial charge in [-0.25, -0.2) is 0 Å². The lowest BCUT2D eigenvalue weighted by Crippen LogP contribution is -2.36. The number of amides is 3. The molecule has 0 unspecified atom stereocenters. The van der Waals surface area contributed by atoms with Crippen molar-refractivity contribution in [2.45, 2.75) is 13.8 Å². The number of carbonyl (C=O) groups excluding carboxylic acids is 3. The van der Waals surface area contributed by atoms with Crippen molar-refractivity contribution in [3.05, 3.63) is 48.5 Å². The Balaban J connectivity index is 2.03. The zero-order valence-electron chi connectivity index (χ0n) is 14.9. The zero-order valence-corrected chi connectivity index (χ0v) is 14.9. The number of hydrogen-bond acceptors (Lipinski definition) is 4. The molecule has 136 valence electrons. The Bertz CT molecular complexity index is 785. The molecule has 7 nitrogen and oxygen atoms in total. The summed E-state index contributed by atoms with van der Waals surface area (Å²) in [5.74, 6) is -0.0750. The number of rotatable bonds is 6. The summed E-state index contributed by atoms with van der Waals surface area (Å²) in [6.07, 6.45) is 0. The van der Waals surface area contributed by atoms with Crippen LogP contribution in [-0.2, 0) is 14.4 Å². The van der Waals surface area contributed by atoms with E-state index in [4.69, 9.17) is 4.74 Å². The second kappa shape index (κ2) is 8.66. The summed E-state index contributed by atoms with van der Waals surface area (Å²) in [6, 6.07) is 13.6. The molecule has 7 heteroatoms. The van der Waals surface area contributed by atoms with Gasteiger partial charge in [0.25, 0.3) is 0 Å². The smallest absolute Gasteiger partial charge is 0.244 e. The molecule has 2 N–H and O–H groups in total. The number of nitrogens with one attached hydrogen (secondary N) is 2. The molecule has 0 atom stereocenters. The molecular formula is C19H21N3O4. The number of nitrogens with zero attached hydrogens (tertiary/aromatic N) is 1. The van der Waals surface area contributed by atoms with Gasteiger partial charge >= 0.3 is 0 Å². The molecule has 2 rings (SSSR count). The first-order valence-corrected chi connectivity index (χ1v) is 7.98. The summed E-state index contributed by atoms with van der Waals surface area (Å²) in [6.45, 7) is 2.71. The van der Waals surface area contributed by atoms with Crippen molar-refractivity contribution >= 4 is 34.8 Å². The highest BCUT2D eigenvalue weighted by Crippen LogP contribution is 2.20. The molecule has 0 spiro atoms. The molecule has 0 aliphatic carbocycles. The van der Waals surface area contributed by atoms with Crippen LogP contribution < -0.4 is 20.3 Å². The molecular weight excluding hydrogens is 334 g/mol. The zero-order chi connectivity index (χ0) is 19.1. The van der Waals surface area contributed by atoms with Gasteiger partial charge in [-0.3, -0.25) is 14.4 Å². The van der Waals surface area contributed by atoms with E-state index in [1.807, 2.05) is 0 Å². The van der Waals surface area contributed by atoms with Gasteiger partial charge in [0, 0.05) is 30.9 Å². The average molecular weight is 355 g/mol. The predicted octanol–water partition coefficient (Wildman–Crippen LogP) is 2.65. The van der Waals surface area contributed by atoms with E-state index in [1.54, 1.807) is 55.6 Å². The van der Waals surface area contributed by atoms with Crippen LogP contribution >= 0.6 is 0 Å². The fraction of sp³-hybridized carbons (Fsp3) is 0.211. The third kappa shape index (κ3) is 5.34. The number of ether oxygens (including phenoxy) is 1. The van der Waals surface area contributed by atoms with E-state index in [-0.39, 0.29) is 24.3 Å². The molecule has 0 radical (unpaired) electrons. The Morgan fingerprint density at radius 2 is 1.42 bits per heavy atom. The van der Waals surface area contributed by atoms with Crippen LogP contribution in [0.2, 0.25) is 0 Å². The average Bonchev–Trinajstić information content (AvgIpc) is 2.61. The molecule has 0 bridgehead atoms. The predicted molar refractivity (Wildman–Crippen MR) is 100 cm³/mol. The monoisotopic (exact) mass is 355 g/mol. The quantitative estimate of drug-likeness (QED) is 0.834. The first-order valence-electron chi connectivity index (χ1n) is 7.98. The van der Waals surface area contributed by atoms with Crippen LogP contribution in [-0.4, -0.2) is 31.4 Å². The Kier molecular flexibility index (Phi) is 6.32. The maximum atomic E-state index is 12.3. The minimum absolute atomic E-state index is 0.116. The second-order valence-electron chi connectivity index (χ2n) is 5.61. The van der Waals surface area contributed by atoms with Crippen LogP contribution in [0.15, 0.2) is 48.5 Å². The van der Waals surface area contributed by atoms with Crippen LogP contribution in [0.4, 0.5) is 17.1 Å². The molecule has 26 heavy (non-hydrogen) atoms. The number of benzene rings is 2. The number of methoxy groups -OCH3 is 1. The molecule has 0 fully saturated rings. The summed E-state index contributed by atoms with van der Waals surface area (Å²) < 4.78 is 5.09. The summed E-state index contributed by atoms with van der Waals surface area (Å²) in [4.78, 5) is 36.6. The molecule has 2 aromatic rings. The molecule has 0 aromatic heterocycles. The summed E-state index contributed by atoms with van der Waals surface area (Å²) in [5, 5.41) is 5.38. The molecule has 0 aliphatic rings.